The first-order chi connectivity index (χ1) is 23.7. The average molecular weight is 645 g/mol. The topological polar surface area (TPSA) is 97.8 Å². The van der Waals surface area contributed by atoms with Gasteiger partial charge in [0, 0.05) is 30.4 Å². The highest BCUT2D eigenvalue weighted by molar-refractivity contribution is 5.68. The molecule has 4 aliphatic rings. The summed E-state index contributed by atoms with van der Waals surface area (Å²) in [5.74, 6) is 3.18. The summed E-state index contributed by atoms with van der Waals surface area (Å²) in [6, 6.07) is 18.1. The largest absolute Gasteiger partial charge is 0.368 e. The lowest BCUT2D eigenvalue weighted by atomic mass is 9.86. The molecular formula is C40H52N8. The van der Waals surface area contributed by atoms with Crippen LogP contribution in [0.25, 0.3) is 17.1 Å². The van der Waals surface area contributed by atoms with Crippen molar-refractivity contribution in [2.24, 2.45) is 11.8 Å². The summed E-state index contributed by atoms with van der Waals surface area (Å²) < 4.78 is 1.60. The Morgan fingerprint density at radius 2 is 1.40 bits per heavy atom. The zero-order chi connectivity index (χ0) is 32.3. The van der Waals surface area contributed by atoms with Crippen LogP contribution in [0.4, 0.5) is 17.6 Å². The van der Waals surface area contributed by atoms with Gasteiger partial charge in [0.25, 0.3) is 0 Å². The fourth-order valence-corrected chi connectivity index (χ4v) is 9.16. The van der Waals surface area contributed by atoms with Crippen LogP contribution >= 0.6 is 0 Å². The van der Waals surface area contributed by atoms with Gasteiger partial charge < -0.3 is 11.1 Å². The van der Waals surface area contributed by atoms with E-state index in [1.807, 2.05) is 0 Å². The number of nitrogens with two attached hydrogens (primary N) is 1. The second-order valence-corrected chi connectivity index (χ2v) is 15.1. The lowest BCUT2D eigenvalue weighted by Gasteiger charge is -2.38. The van der Waals surface area contributed by atoms with Crippen LogP contribution in [0, 0.1) is 11.8 Å². The normalized spacial score (nSPS) is 20.4. The van der Waals surface area contributed by atoms with Crippen molar-refractivity contribution >= 4 is 17.6 Å². The van der Waals surface area contributed by atoms with Crippen LogP contribution in [0.1, 0.15) is 106 Å². The van der Waals surface area contributed by atoms with Gasteiger partial charge in [-0.25, -0.2) is 0 Å². The zero-order valence-corrected chi connectivity index (χ0v) is 28.5. The number of aryl methyl sites for hydroxylation is 4. The minimum atomic E-state index is 0.300. The molecule has 2 aromatic heterocycles. The second kappa shape index (κ2) is 14.4. The van der Waals surface area contributed by atoms with Crippen molar-refractivity contribution in [2.75, 3.05) is 24.1 Å². The maximum Gasteiger partial charge on any atom is 0.248 e. The van der Waals surface area contributed by atoms with Crippen LogP contribution in [0.2, 0.25) is 0 Å². The summed E-state index contributed by atoms with van der Waals surface area (Å²) in [7, 11) is 0. The third-order valence-corrected chi connectivity index (χ3v) is 11.8. The standard InChI is InChI=1S/C40H52N8/c41-39-43-40(46-48(39)37-25-33-16-9-15-31-14-7-8-17-36(31)38(33)45-44-37)42-34-21-18-30-19-22-35(23-20-32(30)24-34)47(26-28-10-3-1-4-11-28)27-29-12-5-2-6-13-29/h7-8,14,17-18,21,24-25,28-29,35H,1-6,9-13,15-16,19-20,22-23,26-27H2,(H3,41,42,43,46)/t35-/m1/s1. The average Bonchev–Trinajstić information content (AvgIpc) is 3.26. The summed E-state index contributed by atoms with van der Waals surface area (Å²) in [6.07, 6.45) is 22.2. The van der Waals surface area contributed by atoms with Crippen molar-refractivity contribution in [3.05, 3.63) is 70.8 Å². The van der Waals surface area contributed by atoms with E-state index < -0.39 is 0 Å². The van der Waals surface area contributed by atoms with Gasteiger partial charge in [0.1, 0.15) is 0 Å². The van der Waals surface area contributed by atoms with Crippen LogP contribution < -0.4 is 11.1 Å². The molecule has 2 aromatic carbocycles. The Morgan fingerprint density at radius 3 is 2.17 bits per heavy atom. The number of nitrogens with zero attached hydrogens (tertiary/aromatic N) is 6. The molecule has 3 N–H and O–H groups in total. The van der Waals surface area contributed by atoms with Crippen LogP contribution in [0.3, 0.4) is 0 Å². The fraction of sp³-hybridized carbons (Fsp3) is 0.550. The second-order valence-electron chi connectivity index (χ2n) is 15.1. The van der Waals surface area contributed by atoms with E-state index in [9.17, 15) is 0 Å². The van der Waals surface area contributed by atoms with E-state index >= 15 is 0 Å². The van der Waals surface area contributed by atoms with Gasteiger partial charge in [-0.05, 0) is 123 Å². The Kier molecular flexibility index (Phi) is 9.43. The minimum Gasteiger partial charge on any atom is -0.368 e. The van der Waals surface area contributed by atoms with E-state index in [1.54, 1.807) is 4.68 Å². The highest BCUT2D eigenvalue weighted by Crippen LogP contribution is 2.34. The van der Waals surface area contributed by atoms with E-state index in [1.165, 1.54) is 118 Å². The smallest absolute Gasteiger partial charge is 0.248 e. The van der Waals surface area contributed by atoms with Crippen molar-refractivity contribution in [1.29, 1.82) is 0 Å². The van der Waals surface area contributed by atoms with E-state index in [0.29, 0.717) is 23.8 Å². The molecule has 2 heterocycles. The molecule has 0 amide bonds. The molecule has 4 aromatic rings. The van der Waals surface area contributed by atoms with Gasteiger partial charge in [-0.3, -0.25) is 4.90 Å². The van der Waals surface area contributed by atoms with Gasteiger partial charge in [0.05, 0.1) is 5.69 Å². The maximum atomic E-state index is 6.40. The number of anilines is 3. The van der Waals surface area contributed by atoms with E-state index in [4.69, 9.17) is 10.8 Å². The molecule has 0 saturated heterocycles. The molecule has 0 aliphatic heterocycles. The van der Waals surface area contributed by atoms with Gasteiger partial charge in [0.15, 0.2) is 5.82 Å². The number of benzene rings is 2. The highest BCUT2D eigenvalue weighted by atomic mass is 15.4. The van der Waals surface area contributed by atoms with E-state index in [2.05, 4.69) is 73.9 Å². The number of fused-ring (bicyclic) bond motifs is 4. The zero-order valence-electron chi connectivity index (χ0n) is 28.5. The molecule has 0 radical (unpaired) electrons. The first kappa shape index (κ1) is 31.5. The van der Waals surface area contributed by atoms with Gasteiger partial charge in [-0.1, -0.05) is 68.9 Å². The molecule has 8 rings (SSSR count). The number of hydrogen-bond acceptors (Lipinski definition) is 7. The quantitative estimate of drug-likeness (QED) is 0.186. The van der Waals surface area contributed by atoms with Gasteiger partial charge >= 0.3 is 0 Å². The molecule has 48 heavy (non-hydrogen) atoms. The number of nitrogens with one attached hydrogen (secondary N) is 1. The van der Waals surface area contributed by atoms with Crippen LogP contribution in [0.5, 0.6) is 0 Å². The predicted molar refractivity (Wildman–Crippen MR) is 194 cm³/mol. The van der Waals surface area contributed by atoms with Crippen molar-refractivity contribution in [1.82, 2.24) is 29.9 Å². The van der Waals surface area contributed by atoms with Gasteiger partial charge in [-0.2, -0.15) is 9.67 Å². The molecule has 0 bridgehead atoms. The summed E-state index contributed by atoms with van der Waals surface area (Å²) in [5, 5.41) is 17.4. The lowest BCUT2D eigenvalue weighted by Crippen LogP contribution is -2.42. The SMILES string of the molecule is Nc1nc(Nc2ccc3c(c2)CC[C@H](N(CC2CCCCC2)CC2CCCCC2)CC3)nn1-c1cc2c(nn1)-c1ccccc1CCC2. The molecule has 2 fully saturated rings. The molecule has 0 spiro atoms. The fourth-order valence-electron chi connectivity index (χ4n) is 9.16. The summed E-state index contributed by atoms with van der Waals surface area (Å²) in [6.45, 7) is 2.64. The summed E-state index contributed by atoms with van der Waals surface area (Å²) in [4.78, 5) is 7.54. The van der Waals surface area contributed by atoms with Crippen molar-refractivity contribution < 1.29 is 0 Å². The van der Waals surface area contributed by atoms with Crippen molar-refractivity contribution in [2.45, 2.75) is 115 Å². The number of rotatable bonds is 8. The lowest BCUT2D eigenvalue weighted by molar-refractivity contribution is 0.106. The summed E-state index contributed by atoms with van der Waals surface area (Å²) >= 11 is 0. The third kappa shape index (κ3) is 7.00. The van der Waals surface area contributed by atoms with Crippen LogP contribution in [0.15, 0.2) is 48.5 Å². The molecule has 8 nitrogen and oxygen atoms in total. The van der Waals surface area contributed by atoms with Gasteiger partial charge in [-0.15, -0.1) is 15.3 Å². The Labute approximate surface area is 285 Å². The molecular weight excluding hydrogens is 592 g/mol. The van der Waals surface area contributed by atoms with E-state index in [-0.39, 0.29) is 0 Å². The Bertz CT molecular complexity index is 1680. The number of aromatic nitrogens is 5. The Hall–Kier alpha value is -3.78. The highest BCUT2D eigenvalue weighted by Gasteiger charge is 2.28. The third-order valence-electron chi connectivity index (χ3n) is 11.8. The minimum absolute atomic E-state index is 0.300. The molecule has 252 valence electrons. The number of hydrogen-bond donors (Lipinski definition) is 2. The van der Waals surface area contributed by atoms with Crippen molar-refractivity contribution in [3.8, 4) is 17.1 Å². The first-order valence-electron chi connectivity index (χ1n) is 19.0. The van der Waals surface area contributed by atoms with Crippen LogP contribution in [-0.4, -0.2) is 49.0 Å². The van der Waals surface area contributed by atoms with Crippen molar-refractivity contribution in [3.63, 3.8) is 0 Å². The Balaban J connectivity index is 0.958. The summed E-state index contributed by atoms with van der Waals surface area (Å²) in [5.41, 5.74) is 15.0. The Morgan fingerprint density at radius 1 is 0.688 bits per heavy atom. The molecule has 1 atom stereocenters. The molecule has 0 unspecified atom stereocenters. The molecule has 2 saturated carbocycles. The monoisotopic (exact) mass is 644 g/mol. The van der Waals surface area contributed by atoms with Crippen LogP contribution in [-0.2, 0) is 25.7 Å². The first-order valence-corrected chi connectivity index (χ1v) is 19.0. The van der Waals surface area contributed by atoms with Gasteiger partial charge in [0.2, 0.25) is 11.9 Å². The molecule has 4 aliphatic carbocycles. The number of nitrogen functional groups attached to an aromatic ring is 1. The maximum absolute atomic E-state index is 6.40. The predicted octanol–water partition coefficient (Wildman–Crippen LogP) is 8.25. The molecule has 8 heteroatoms. The van der Waals surface area contributed by atoms with E-state index in [0.717, 1.165) is 55.3 Å².